The molecule has 0 amide bonds. The van der Waals surface area contributed by atoms with Crippen LogP contribution in [0.1, 0.15) is 0 Å². The summed E-state index contributed by atoms with van der Waals surface area (Å²) in [6.45, 7) is 0. The van der Waals surface area contributed by atoms with Gasteiger partial charge in [-0.15, -0.1) is 0 Å². The van der Waals surface area contributed by atoms with Gasteiger partial charge >= 0.3 is 0 Å². The molecule has 0 aliphatic carbocycles. The van der Waals surface area contributed by atoms with E-state index in [-0.39, 0.29) is 0 Å². The fourth-order valence-electron chi connectivity index (χ4n) is 13.2. The van der Waals surface area contributed by atoms with Gasteiger partial charge in [0, 0.05) is 55.9 Å². The summed E-state index contributed by atoms with van der Waals surface area (Å²) >= 11 is 0. The van der Waals surface area contributed by atoms with Gasteiger partial charge in [0.25, 0.3) is 0 Å². The molecular formula is C70H46N4O2Si2. The lowest BCUT2D eigenvalue weighted by Gasteiger charge is -2.45. The molecule has 0 spiro atoms. The summed E-state index contributed by atoms with van der Waals surface area (Å²) in [7, 11) is -6.20. The van der Waals surface area contributed by atoms with E-state index < -0.39 is 16.1 Å². The third-order valence-corrected chi connectivity index (χ3v) is 26.1. The lowest BCUT2D eigenvalue weighted by molar-refractivity contribution is 0.668. The highest BCUT2D eigenvalue weighted by atomic mass is 28.3. The fourth-order valence-corrected chi connectivity index (χ4v) is 23.4. The van der Waals surface area contributed by atoms with E-state index >= 15 is 0 Å². The molecule has 0 N–H and O–H groups in total. The van der Waals surface area contributed by atoms with Crippen molar-refractivity contribution in [3.63, 3.8) is 0 Å². The third-order valence-electron chi connectivity index (χ3n) is 16.4. The Morgan fingerprint density at radius 1 is 0.282 bits per heavy atom. The Morgan fingerprint density at radius 3 is 1.12 bits per heavy atom. The molecule has 2 aliphatic heterocycles. The van der Waals surface area contributed by atoms with Crippen molar-refractivity contribution in [1.82, 2.24) is 9.97 Å². The van der Waals surface area contributed by atoms with Crippen LogP contribution in [0.2, 0.25) is 0 Å². The van der Waals surface area contributed by atoms with Crippen molar-refractivity contribution >= 4 is 136 Å². The summed E-state index contributed by atoms with van der Waals surface area (Å²) in [5.41, 5.74) is 9.65. The van der Waals surface area contributed by atoms with Crippen molar-refractivity contribution in [3.05, 3.63) is 279 Å². The zero-order chi connectivity index (χ0) is 51.4. The molecule has 5 heterocycles. The maximum atomic E-state index is 6.47. The maximum absolute atomic E-state index is 6.47. The molecule has 0 fully saturated rings. The molecule has 6 nitrogen and oxygen atoms in total. The zero-order valence-electron chi connectivity index (χ0n) is 42.2. The molecular weight excluding hydrogens is 985 g/mol. The number of benzene rings is 11. The number of para-hydroxylation sites is 6. The topological polar surface area (TPSA) is 58.5 Å². The first-order valence-corrected chi connectivity index (χ1v) is 30.6. The minimum atomic E-state index is -3.11. The predicted octanol–water partition coefficient (Wildman–Crippen LogP) is 12.3. The third kappa shape index (κ3) is 6.35. The van der Waals surface area contributed by atoms with Crippen molar-refractivity contribution in [2.24, 2.45) is 0 Å². The van der Waals surface area contributed by atoms with Crippen molar-refractivity contribution < 1.29 is 8.83 Å². The zero-order valence-corrected chi connectivity index (χ0v) is 44.2. The van der Waals surface area contributed by atoms with Gasteiger partial charge in [-0.05, 0) is 90.0 Å². The maximum Gasteiger partial charge on any atom is 0.237 e. The van der Waals surface area contributed by atoms with Crippen LogP contribution in [-0.2, 0) is 0 Å². The second kappa shape index (κ2) is 17.3. The van der Waals surface area contributed by atoms with Crippen LogP contribution in [0.3, 0.4) is 0 Å². The van der Waals surface area contributed by atoms with Crippen molar-refractivity contribution in [2.75, 3.05) is 9.80 Å². The highest BCUT2D eigenvalue weighted by molar-refractivity contribution is 7.22. The number of furan rings is 2. The standard InChI is InChI=1S/C70H46N4O2Si2/c1-4-22-47(23-5-1)56-46-69(73-57-30-12-18-36-65(57)77(48-24-6-2-7-25-48,66-37-19-13-31-58(66)73)50-40-42-63-54(44-50)52-28-10-16-34-61(52)75-63)72-70(71-56)74-59-32-14-20-38-67(59)78(49-26-8-3-9-27-49,68-39-21-15-33-60(68)74)51-41-43-64-55(45-51)53-29-11-17-35-62(53)76-64/h1-46H. The fraction of sp³-hybridized carbons (Fsp3) is 0. The van der Waals surface area contributed by atoms with Crippen molar-refractivity contribution in [3.8, 4) is 11.3 Å². The summed E-state index contributed by atoms with van der Waals surface area (Å²) in [5.74, 6) is 1.36. The average molecular weight is 1030 g/mol. The van der Waals surface area contributed by atoms with Gasteiger partial charge in [0.1, 0.15) is 28.1 Å². The lowest BCUT2D eigenvalue weighted by Crippen LogP contribution is -2.77. The Labute approximate surface area is 452 Å². The summed E-state index contributed by atoms with van der Waals surface area (Å²) in [6, 6.07) is 102. The SMILES string of the molecule is c1ccc(-c2cc(N3c4ccccc4[Si](c4ccccc4)(c4ccc5oc6ccccc6c5c4)c4ccccc43)nc(N3c4ccccc4[Si](c4ccccc4)(c4ccc5oc6ccccc6c5c4)c4ccccc43)n2)cc1. The van der Waals surface area contributed by atoms with Crippen LogP contribution in [0.25, 0.3) is 55.1 Å². The van der Waals surface area contributed by atoms with Gasteiger partial charge in [-0.25, -0.2) is 4.98 Å². The Hall–Kier alpha value is -9.87. The highest BCUT2D eigenvalue weighted by Gasteiger charge is 2.51. The van der Waals surface area contributed by atoms with Crippen molar-refractivity contribution in [1.29, 1.82) is 0 Å². The first kappa shape index (κ1) is 44.4. The number of hydrogen-bond donors (Lipinski definition) is 0. The van der Waals surface area contributed by atoms with E-state index in [0.29, 0.717) is 5.95 Å². The molecule has 0 radical (unpaired) electrons. The number of hydrogen-bond acceptors (Lipinski definition) is 6. The molecule has 0 saturated heterocycles. The first-order valence-electron chi connectivity index (χ1n) is 26.6. The number of rotatable bonds is 7. The number of anilines is 6. The van der Waals surface area contributed by atoms with Gasteiger partial charge in [-0.3, -0.25) is 9.80 Å². The molecule has 11 aromatic carbocycles. The van der Waals surface area contributed by atoms with Gasteiger partial charge in [0.05, 0.1) is 5.69 Å². The largest absolute Gasteiger partial charge is 0.456 e. The molecule has 2 aliphatic rings. The highest BCUT2D eigenvalue weighted by Crippen LogP contribution is 2.43. The Bertz CT molecular complexity index is 4300. The van der Waals surface area contributed by atoms with Gasteiger partial charge in [0.2, 0.25) is 5.95 Å². The molecule has 366 valence electrons. The van der Waals surface area contributed by atoms with E-state index in [2.05, 4.69) is 277 Å². The number of fused-ring (bicyclic) bond motifs is 10. The van der Waals surface area contributed by atoms with Crippen LogP contribution in [0, 0.1) is 0 Å². The Balaban J connectivity index is 0.951. The molecule has 16 rings (SSSR count). The van der Waals surface area contributed by atoms with E-state index in [0.717, 1.165) is 83.7 Å². The minimum absolute atomic E-state index is 0.586. The predicted molar refractivity (Wildman–Crippen MR) is 326 cm³/mol. The Kier molecular flexibility index (Phi) is 9.88. The second-order valence-electron chi connectivity index (χ2n) is 20.4. The van der Waals surface area contributed by atoms with E-state index in [4.69, 9.17) is 18.8 Å². The quantitative estimate of drug-likeness (QED) is 0.148. The molecule has 0 atom stereocenters. The summed E-state index contributed by atoms with van der Waals surface area (Å²) < 4.78 is 12.9. The molecule has 0 bridgehead atoms. The molecule has 0 saturated carbocycles. The Morgan fingerprint density at radius 2 is 0.654 bits per heavy atom. The molecule has 78 heavy (non-hydrogen) atoms. The monoisotopic (exact) mass is 1030 g/mol. The molecule has 0 unspecified atom stereocenters. The van der Waals surface area contributed by atoms with Crippen LogP contribution in [0.4, 0.5) is 34.5 Å². The molecule has 14 aromatic rings. The molecule has 8 heteroatoms. The minimum Gasteiger partial charge on any atom is -0.456 e. The first-order chi connectivity index (χ1) is 38.7. The number of nitrogens with zero attached hydrogens (tertiary/aromatic N) is 4. The van der Waals surface area contributed by atoms with Gasteiger partial charge in [-0.1, -0.05) is 224 Å². The summed E-state index contributed by atoms with van der Waals surface area (Å²) in [5, 5.41) is 14.7. The summed E-state index contributed by atoms with van der Waals surface area (Å²) in [6.07, 6.45) is 0. The van der Waals surface area contributed by atoms with E-state index in [1.54, 1.807) is 0 Å². The lowest BCUT2D eigenvalue weighted by atomic mass is 10.1. The van der Waals surface area contributed by atoms with Crippen LogP contribution < -0.4 is 51.3 Å². The smallest absolute Gasteiger partial charge is 0.237 e. The van der Waals surface area contributed by atoms with E-state index in [1.165, 1.54) is 41.5 Å². The van der Waals surface area contributed by atoms with Gasteiger partial charge < -0.3 is 8.83 Å². The van der Waals surface area contributed by atoms with Crippen LogP contribution >= 0.6 is 0 Å². The second-order valence-corrected chi connectivity index (χ2v) is 27.8. The van der Waals surface area contributed by atoms with Crippen LogP contribution in [-0.4, -0.2) is 26.1 Å². The van der Waals surface area contributed by atoms with Gasteiger partial charge in [0.15, 0.2) is 16.1 Å². The van der Waals surface area contributed by atoms with Gasteiger partial charge in [-0.2, -0.15) is 4.98 Å². The van der Waals surface area contributed by atoms with Crippen LogP contribution in [0.5, 0.6) is 0 Å². The number of aromatic nitrogens is 2. The van der Waals surface area contributed by atoms with Crippen LogP contribution in [0.15, 0.2) is 288 Å². The molecule has 3 aromatic heterocycles. The van der Waals surface area contributed by atoms with E-state index in [1.807, 2.05) is 12.1 Å². The summed E-state index contributed by atoms with van der Waals surface area (Å²) in [4.78, 5) is 16.3. The van der Waals surface area contributed by atoms with Crippen molar-refractivity contribution in [2.45, 2.75) is 0 Å². The van der Waals surface area contributed by atoms with E-state index in [9.17, 15) is 0 Å². The average Bonchev–Trinajstić information content (AvgIpc) is 4.20. The normalized spacial score (nSPS) is 14.1.